The van der Waals surface area contributed by atoms with E-state index in [0.717, 1.165) is 22.2 Å². The number of allylic oxidation sites excluding steroid dienone is 1. The fourth-order valence-corrected chi connectivity index (χ4v) is 4.96. The Labute approximate surface area is 223 Å². The molecule has 2 heterocycles. The van der Waals surface area contributed by atoms with Crippen LogP contribution in [0.2, 0.25) is 5.02 Å². The van der Waals surface area contributed by atoms with Crippen molar-refractivity contribution in [2.45, 2.75) is 6.54 Å². The Morgan fingerprint density at radius 3 is 2.39 bits per heavy atom. The lowest BCUT2D eigenvalue weighted by Gasteiger charge is -2.12. The highest BCUT2D eigenvalue weighted by molar-refractivity contribution is 6.31. The summed E-state index contributed by atoms with van der Waals surface area (Å²) >= 11 is 6.31. The zero-order valence-electron chi connectivity index (χ0n) is 20.3. The minimum absolute atomic E-state index is 0.0629. The molecule has 0 amide bonds. The van der Waals surface area contributed by atoms with Crippen LogP contribution >= 0.6 is 11.6 Å². The van der Waals surface area contributed by atoms with E-state index in [1.54, 1.807) is 24.3 Å². The number of aromatic nitrogens is 3. The topological polar surface area (TPSA) is 67.8 Å². The molecule has 0 saturated carbocycles. The van der Waals surface area contributed by atoms with Crippen molar-refractivity contribution in [1.82, 2.24) is 14.5 Å². The van der Waals surface area contributed by atoms with Crippen molar-refractivity contribution in [1.29, 1.82) is 0 Å². The summed E-state index contributed by atoms with van der Waals surface area (Å²) in [5, 5.41) is 1.22. The highest BCUT2D eigenvalue weighted by Crippen LogP contribution is 2.31. The molecule has 6 heteroatoms. The van der Waals surface area contributed by atoms with Gasteiger partial charge in [0.1, 0.15) is 5.82 Å². The second-order valence-electron chi connectivity index (χ2n) is 8.99. The summed E-state index contributed by atoms with van der Waals surface area (Å²) in [6.45, 7) is 0.597. The summed E-state index contributed by atoms with van der Waals surface area (Å²) in [4.78, 5) is 34.5. The summed E-state index contributed by atoms with van der Waals surface area (Å²) in [5.74, 6) is 0.218. The second kappa shape index (κ2) is 9.96. The van der Waals surface area contributed by atoms with Gasteiger partial charge < -0.3 is 9.55 Å². The molecule has 0 aliphatic heterocycles. The number of aromatic amines is 1. The van der Waals surface area contributed by atoms with E-state index in [0.29, 0.717) is 33.9 Å². The third kappa shape index (κ3) is 4.44. The van der Waals surface area contributed by atoms with Crippen LogP contribution in [0.5, 0.6) is 0 Å². The minimum Gasteiger partial charge on any atom is -0.321 e. The van der Waals surface area contributed by atoms with Gasteiger partial charge in [0.25, 0.3) is 5.56 Å². The molecule has 2 aromatic heterocycles. The molecule has 0 fully saturated rings. The zero-order valence-corrected chi connectivity index (χ0v) is 21.0. The van der Waals surface area contributed by atoms with Crippen LogP contribution in [0.1, 0.15) is 21.7 Å². The number of carbonyl (C=O) groups is 1. The molecule has 0 spiro atoms. The minimum atomic E-state index is -0.453. The Kier molecular flexibility index (Phi) is 6.20. The van der Waals surface area contributed by atoms with Crippen LogP contribution in [-0.4, -0.2) is 20.3 Å². The van der Waals surface area contributed by atoms with Crippen LogP contribution in [0.4, 0.5) is 0 Å². The van der Waals surface area contributed by atoms with E-state index in [-0.39, 0.29) is 5.56 Å². The third-order valence-corrected chi connectivity index (χ3v) is 6.77. The Morgan fingerprint density at radius 1 is 0.895 bits per heavy atom. The molecule has 6 rings (SSSR count). The van der Waals surface area contributed by atoms with Crippen LogP contribution in [0, 0.1) is 0 Å². The van der Waals surface area contributed by atoms with E-state index in [9.17, 15) is 9.59 Å². The molecular formula is C32H22ClN3O2. The number of H-pyrrole nitrogens is 1. The first-order valence-electron chi connectivity index (χ1n) is 12.2. The van der Waals surface area contributed by atoms with Crippen LogP contribution in [0.3, 0.4) is 0 Å². The van der Waals surface area contributed by atoms with E-state index in [1.165, 1.54) is 6.08 Å². The van der Waals surface area contributed by atoms with Gasteiger partial charge in [-0.3, -0.25) is 9.59 Å². The zero-order chi connectivity index (χ0) is 26.1. The van der Waals surface area contributed by atoms with E-state index < -0.39 is 11.3 Å². The van der Waals surface area contributed by atoms with E-state index >= 15 is 0 Å². The number of rotatable bonds is 6. The molecule has 0 atom stereocenters. The molecule has 0 bridgehead atoms. The number of hydrogen-bond acceptors (Lipinski definition) is 3. The third-order valence-electron chi connectivity index (χ3n) is 6.54. The summed E-state index contributed by atoms with van der Waals surface area (Å²) in [6, 6.07) is 32.6. The SMILES string of the molecule is O=C(/C=C/c1nc2ccccc2n1Cc1ccccc1)c1c(-c2ccccc2)c2cc(Cl)ccc2[nH]c1=O. The number of nitrogens with one attached hydrogen (secondary N) is 1. The van der Waals surface area contributed by atoms with Gasteiger partial charge in [-0.1, -0.05) is 84.4 Å². The molecule has 0 aliphatic carbocycles. The Morgan fingerprint density at radius 2 is 1.61 bits per heavy atom. The van der Waals surface area contributed by atoms with Crippen molar-refractivity contribution in [2.75, 3.05) is 0 Å². The molecule has 1 N–H and O–H groups in total. The van der Waals surface area contributed by atoms with Crippen LogP contribution < -0.4 is 5.56 Å². The van der Waals surface area contributed by atoms with Gasteiger partial charge in [0.2, 0.25) is 0 Å². The fourth-order valence-electron chi connectivity index (χ4n) is 4.79. The van der Waals surface area contributed by atoms with Gasteiger partial charge in [-0.25, -0.2) is 4.98 Å². The van der Waals surface area contributed by atoms with Gasteiger partial charge in [0.05, 0.1) is 16.6 Å². The Balaban J connectivity index is 1.48. The predicted octanol–water partition coefficient (Wildman–Crippen LogP) is 7.14. The summed E-state index contributed by atoms with van der Waals surface area (Å²) in [5.41, 5.74) is 4.46. The number of nitrogens with zero attached hydrogens (tertiary/aromatic N) is 2. The first-order valence-corrected chi connectivity index (χ1v) is 12.6. The number of fused-ring (bicyclic) bond motifs is 2. The van der Waals surface area contributed by atoms with Crippen molar-refractivity contribution in [3.63, 3.8) is 0 Å². The molecule has 38 heavy (non-hydrogen) atoms. The quantitative estimate of drug-likeness (QED) is 0.189. The van der Waals surface area contributed by atoms with Gasteiger partial charge in [0, 0.05) is 28.0 Å². The number of hydrogen-bond donors (Lipinski definition) is 1. The van der Waals surface area contributed by atoms with Crippen molar-refractivity contribution in [2.24, 2.45) is 0 Å². The number of ketones is 1. The molecule has 0 unspecified atom stereocenters. The van der Waals surface area contributed by atoms with Gasteiger partial charge in [-0.2, -0.15) is 0 Å². The summed E-state index contributed by atoms with van der Waals surface area (Å²) in [6.07, 6.45) is 3.11. The largest absolute Gasteiger partial charge is 0.321 e. The lowest BCUT2D eigenvalue weighted by molar-refractivity contribution is 0.104. The second-order valence-corrected chi connectivity index (χ2v) is 9.42. The van der Waals surface area contributed by atoms with Gasteiger partial charge in [0.15, 0.2) is 5.78 Å². The normalized spacial score (nSPS) is 11.5. The Bertz CT molecular complexity index is 1890. The lowest BCUT2D eigenvalue weighted by Crippen LogP contribution is -2.18. The van der Waals surface area contributed by atoms with Crippen molar-refractivity contribution >= 4 is 45.4 Å². The first-order chi connectivity index (χ1) is 18.6. The molecule has 6 aromatic rings. The first kappa shape index (κ1) is 23.6. The van der Waals surface area contributed by atoms with E-state index in [1.807, 2.05) is 72.8 Å². The van der Waals surface area contributed by atoms with E-state index in [2.05, 4.69) is 21.7 Å². The monoisotopic (exact) mass is 515 g/mol. The number of imidazole rings is 1. The number of halogens is 1. The highest BCUT2D eigenvalue weighted by Gasteiger charge is 2.20. The van der Waals surface area contributed by atoms with Crippen LogP contribution in [0.25, 0.3) is 39.1 Å². The molecular weight excluding hydrogens is 494 g/mol. The number of carbonyl (C=O) groups excluding carboxylic acids is 1. The summed E-state index contributed by atoms with van der Waals surface area (Å²) < 4.78 is 2.07. The van der Waals surface area contributed by atoms with Crippen molar-refractivity contribution < 1.29 is 4.79 Å². The van der Waals surface area contributed by atoms with Gasteiger partial charge in [-0.05, 0) is 53.6 Å². The number of para-hydroxylation sites is 2. The number of pyridine rings is 1. The smallest absolute Gasteiger partial charge is 0.260 e. The van der Waals surface area contributed by atoms with Crippen LogP contribution in [0.15, 0.2) is 114 Å². The lowest BCUT2D eigenvalue weighted by atomic mass is 9.94. The van der Waals surface area contributed by atoms with E-state index in [4.69, 9.17) is 16.6 Å². The van der Waals surface area contributed by atoms with Crippen molar-refractivity contribution in [3.05, 3.63) is 142 Å². The highest BCUT2D eigenvalue weighted by atomic mass is 35.5. The molecule has 184 valence electrons. The maximum absolute atomic E-state index is 13.7. The Hall–Kier alpha value is -4.74. The average Bonchev–Trinajstić information content (AvgIpc) is 3.29. The molecule has 0 saturated heterocycles. The maximum Gasteiger partial charge on any atom is 0.260 e. The van der Waals surface area contributed by atoms with Gasteiger partial charge in [-0.15, -0.1) is 0 Å². The fraction of sp³-hybridized carbons (Fsp3) is 0.0312. The predicted molar refractivity (Wildman–Crippen MR) is 154 cm³/mol. The standard InChI is InChI=1S/C32H22ClN3O2/c33-23-15-16-25-24(19-23)30(22-11-5-2-6-12-22)31(32(38)35-25)28(37)17-18-29-34-26-13-7-8-14-27(26)36(29)20-21-9-3-1-4-10-21/h1-19H,20H2,(H,35,38)/b18-17+. The average molecular weight is 516 g/mol. The van der Waals surface area contributed by atoms with Crippen LogP contribution in [-0.2, 0) is 6.54 Å². The molecule has 5 nitrogen and oxygen atoms in total. The molecule has 4 aromatic carbocycles. The van der Waals surface area contributed by atoms with Gasteiger partial charge >= 0.3 is 0 Å². The molecule has 0 radical (unpaired) electrons. The molecule has 0 aliphatic rings. The maximum atomic E-state index is 13.7. The summed E-state index contributed by atoms with van der Waals surface area (Å²) in [7, 11) is 0. The number of benzene rings is 4. The van der Waals surface area contributed by atoms with Crippen molar-refractivity contribution in [3.8, 4) is 11.1 Å².